The Labute approximate surface area is 111 Å². The Morgan fingerprint density at radius 3 is 2.63 bits per heavy atom. The minimum Gasteiger partial charge on any atom is -0.496 e. The first-order valence-corrected chi connectivity index (χ1v) is 5.79. The average molecular weight is 267 g/mol. The van der Waals surface area contributed by atoms with Crippen molar-refractivity contribution in [2.45, 2.75) is 13.3 Å². The standard InChI is InChI=1S/C13H17NO5/c1-9-10(18-2)4-3-5-11(9)19-8-12(15)14-7-6-13(16)17/h3-5H,6-8H2,1-2H3,(H,14,15)(H,16,17). The van der Waals surface area contributed by atoms with Crippen LogP contribution < -0.4 is 14.8 Å². The van der Waals surface area contributed by atoms with Crippen molar-refractivity contribution in [2.24, 2.45) is 0 Å². The SMILES string of the molecule is COc1cccc(OCC(=O)NCCC(=O)O)c1C. The molecule has 1 rings (SSSR count). The minimum atomic E-state index is -0.954. The third-order valence-corrected chi connectivity index (χ3v) is 2.47. The van der Waals surface area contributed by atoms with Crippen LogP contribution in [0.5, 0.6) is 11.5 Å². The first-order chi connectivity index (χ1) is 9.04. The Morgan fingerprint density at radius 1 is 1.32 bits per heavy atom. The molecule has 0 spiro atoms. The number of amides is 1. The number of carboxylic acids is 1. The van der Waals surface area contributed by atoms with Crippen LogP contribution in [0.1, 0.15) is 12.0 Å². The highest BCUT2D eigenvalue weighted by atomic mass is 16.5. The molecule has 1 amide bonds. The minimum absolute atomic E-state index is 0.0919. The molecule has 1 aromatic rings. The summed E-state index contributed by atoms with van der Waals surface area (Å²) in [4.78, 5) is 21.7. The maximum Gasteiger partial charge on any atom is 0.305 e. The average Bonchev–Trinajstić information content (AvgIpc) is 2.37. The maximum atomic E-state index is 11.4. The van der Waals surface area contributed by atoms with Crippen LogP contribution in [-0.4, -0.2) is 37.2 Å². The Kier molecular flexibility index (Phi) is 5.66. The van der Waals surface area contributed by atoms with Gasteiger partial charge < -0.3 is 19.9 Å². The number of aliphatic carboxylic acids is 1. The molecule has 6 heteroatoms. The van der Waals surface area contributed by atoms with Gasteiger partial charge in [-0.3, -0.25) is 9.59 Å². The third kappa shape index (κ3) is 4.87. The lowest BCUT2D eigenvalue weighted by Gasteiger charge is -2.11. The quantitative estimate of drug-likeness (QED) is 0.769. The molecule has 0 aliphatic rings. The monoisotopic (exact) mass is 267 g/mol. The second kappa shape index (κ2) is 7.25. The number of methoxy groups -OCH3 is 1. The predicted octanol–water partition coefficient (Wildman–Crippen LogP) is 0.973. The molecular weight excluding hydrogens is 250 g/mol. The van der Waals surface area contributed by atoms with Crippen LogP contribution in [-0.2, 0) is 9.59 Å². The maximum absolute atomic E-state index is 11.4. The number of carbonyl (C=O) groups is 2. The summed E-state index contributed by atoms with van der Waals surface area (Å²) in [5.41, 5.74) is 0.809. The second-order valence-corrected chi connectivity index (χ2v) is 3.87. The molecule has 1 aromatic carbocycles. The predicted molar refractivity (Wildman–Crippen MR) is 68.5 cm³/mol. The van der Waals surface area contributed by atoms with Gasteiger partial charge in [0.2, 0.25) is 0 Å². The fraction of sp³-hybridized carbons (Fsp3) is 0.385. The molecule has 0 aliphatic heterocycles. The van der Waals surface area contributed by atoms with E-state index < -0.39 is 5.97 Å². The van der Waals surface area contributed by atoms with Gasteiger partial charge >= 0.3 is 5.97 Å². The van der Waals surface area contributed by atoms with E-state index >= 15 is 0 Å². The Hall–Kier alpha value is -2.24. The highest BCUT2D eigenvalue weighted by Gasteiger charge is 2.08. The number of hydrogen-bond acceptors (Lipinski definition) is 4. The molecule has 19 heavy (non-hydrogen) atoms. The topological polar surface area (TPSA) is 84.9 Å². The summed E-state index contributed by atoms with van der Waals surface area (Å²) >= 11 is 0. The Balaban J connectivity index is 2.44. The zero-order valence-corrected chi connectivity index (χ0v) is 10.9. The van der Waals surface area contributed by atoms with Gasteiger partial charge in [-0.15, -0.1) is 0 Å². The summed E-state index contributed by atoms with van der Waals surface area (Å²) in [5, 5.41) is 10.9. The van der Waals surface area contributed by atoms with Crippen LogP contribution in [0, 0.1) is 6.92 Å². The molecule has 2 N–H and O–H groups in total. The van der Waals surface area contributed by atoms with Gasteiger partial charge in [0.1, 0.15) is 11.5 Å². The molecule has 104 valence electrons. The summed E-state index contributed by atoms with van der Waals surface area (Å²) in [6.45, 7) is 1.76. The number of carbonyl (C=O) groups excluding carboxylic acids is 1. The molecule has 0 fully saturated rings. The van der Waals surface area contributed by atoms with Crippen molar-refractivity contribution < 1.29 is 24.2 Å². The van der Waals surface area contributed by atoms with Gasteiger partial charge in [-0.1, -0.05) is 6.07 Å². The van der Waals surface area contributed by atoms with E-state index in [-0.39, 0.29) is 25.5 Å². The zero-order valence-electron chi connectivity index (χ0n) is 10.9. The molecule has 0 aromatic heterocycles. The first-order valence-electron chi connectivity index (χ1n) is 5.79. The molecular formula is C13H17NO5. The fourth-order valence-electron chi connectivity index (χ4n) is 1.48. The van der Waals surface area contributed by atoms with Crippen molar-refractivity contribution in [2.75, 3.05) is 20.3 Å². The van der Waals surface area contributed by atoms with Gasteiger partial charge in [0, 0.05) is 12.1 Å². The van der Waals surface area contributed by atoms with Crippen LogP contribution in [0.4, 0.5) is 0 Å². The van der Waals surface area contributed by atoms with Gasteiger partial charge in [-0.2, -0.15) is 0 Å². The number of rotatable bonds is 7. The zero-order chi connectivity index (χ0) is 14.3. The largest absolute Gasteiger partial charge is 0.496 e. The van der Waals surface area contributed by atoms with Crippen molar-refractivity contribution in [1.29, 1.82) is 0 Å². The van der Waals surface area contributed by atoms with E-state index in [1.165, 1.54) is 0 Å². The summed E-state index contributed by atoms with van der Waals surface area (Å²) in [5.74, 6) is -0.0650. The molecule has 0 aliphatic carbocycles. The number of ether oxygens (including phenoxy) is 2. The van der Waals surface area contributed by atoms with E-state index in [0.29, 0.717) is 11.5 Å². The molecule has 0 unspecified atom stereocenters. The lowest BCUT2D eigenvalue weighted by Crippen LogP contribution is -2.30. The smallest absolute Gasteiger partial charge is 0.305 e. The highest BCUT2D eigenvalue weighted by Crippen LogP contribution is 2.26. The molecule has 0 saturated carbocycles. The second-order valence-electron chi connectivity index (χ2n) is 3.87. The number of benzene rings is 1. The lowest BCUT2D eigenvalue weighted by molar-refractivity contribution is -0.137. The van der Waals surface area contributed by atoms with Crippen LogP contribution in [0.25, 0.3) is 0 Å². The molecule has 0 saturated heterocycles. The van der Waals surface area contributed by atoms with Crippen molar-refractivity contribution in [3.63, 3.8) is 0 Å². The van der Waals surface area contributed by atoms with Crippen LogP contribution in [0.15, 0.2) is 18.2 Å². The third-order valence-electron chi connectivity index (χ3n) is 2.47. The van der Waals surface area contributed by atoms with E-state index in [9.17, 15) is 9.59 Å². The van der Waals surface area contributed by atoms with E-state index in [2.05, 4.69) is 5.32 Å². The lowest BCUT2D eigenvalue weighted by atomic mass is 10.2. The Morgan fingerprint density at radius 2 is 2.00 bits per heavy atom. The van der Waals surface area contributed by atoms with E-state index in [1.54, 1.807) is 25.3 Å². The number of nitrogens with one attached hydrogen (secondary N) is 1. The fourth-order valence-corrected chi connectivity index (χ4v) is 1.48. The molecule has 6 nitrogen and oxygen atoms in total. The summed E-state index contributed by atoms with van der Waals surface area (Å²) in [6.07, 6.45) is -0.107. The van der Waals surface area contributed by atoms with Crippen molar-refractivity contribution in [1.82, 2.24) is 5.32 Å². The molecule has 0 heterocycles. The normalized spacial score (nSPS) is 9.79. The van der Waals surface area contributed by atoms with Crippen LogP contribution in [0.3, 0.4) is 0 Å². The van der Waals surface area contributed by atoms with Crippen molar-refractivity contribution in [3.05, 3.63) is 23.8 Å². The van der Waals surface area contributed by atoms with E-state index in [4.69, 9.17) is 14.6 Å². The molecule has 0 atom stereocenters. The highest BCUT2D eigenvalue weighted by molar-refractivity contribution is 5.78. The summed E-state index contributed by atoms with van der Waals surface area (Å²) < 4.78 is 10.5. The summed E-state index contributed by atoms with van der Waals surface area (Å²) in [7, 11) is 1.56. The van der Waals surface area contributed by atoms with E-state index in [1.807, 2.05) is 6.92 Å². The van der Waals surface area contributed by atoms with Gasteiger partial charge in [0.15, 0.2) is 6.61 Å². The van der Waals surface area contributed by atoms with Gasteiger partial charge in [-0.05, 0) is 19.1 Å². The molecule has 0 bridgehead atoms. The van der Waals surface area contributed by atoms with Gasteiger partial charge in [0.25, 0.3) is 5.91 Å². The first kappa shape index (κ1) is 14.8. The van der Waals surface area contributed by atoms with E-state index in [0.717, 1.165) is 5.56 Å². The van der Waals surface area contributed by atoms with Crippen molar-refractivity contribution in [3.8, 4) is 11.5 Å². The van der Waals surface area contributed by atoms with Gasteiger partial charge in [0.05, 0.1) is 13.5 Å². The van der Waals surface area contributed by atoms with Crippen LogP contribution >= 0.6 is 0 Å². The van der Waals surface area contributed by atoms with Crippen LogP contribution in [0.2, 0.25) is 0 Å². The Bertz CT molecular complexity index is 458. The molecule has 0 radical (unpaired) electrons. The van der Waals surface area contributed by atoms with Gasteiger partial charge in [-0.25, -0.2) is 0 Å². The number of hydrogen-bond donors (Lipinski definition) is 2. The number of carboxylic acid groups (broad SMARTS) is 1. The van der Waals surface area contributed by atoms with Crippen molar-refractivity contribution >= 4 is 11.9 Å². The summed E-state index contributed by atoms with van der Waals surface area (Å²) in [6, 6.07) is 5.31.